The minimum absolute atomic E-state index is 0.0241. The molecule has 0 saturated carbocycles. The molecule has 0 radical (unpaired) electrons. The SMILES string of the molecule is OCCOCCNC[C@@H](O)COCc1ccc2c(c1)OCO2. The average Bonchev–Trinajstić information content (AvgIpc) is 2.98. The number of aliphatic hydroxyl groups excluding tert-OH is 2. The van der Waals surface area contributed by atoms with Gasteiger partial charge in [0.15, 0.2) is 11.5 Å². The molecule has 0 aromatic heterocycles. The van der Waals surface area contributed by atoms with Gasteiger partial charge in [0.1, 0.15) is 0 Å². The first-order valence-corrected chi connectivity index (χ1v) is 7.33. The van der Waals surface area contributed by atoms with E-state index in [1.165, 1.54) is 0 Å². The van der Waals surface area contributed by atoms with E-state index in [9.17, 15) is 5.11 Å². The molecule has 2 rings (SSSR count). The lowest BCUT2D eigenvalue weighted by Crippen LogP contribution is -2.32. The van der Waals surface area contributed by atoms with E-state index in [0.717, 1.165) is 17.1 Å². The van der Waals surface area contributed by atoms with Gasteiger partial charge in [-0.3, -0.25) is 0 Å². The summed E-state index contributed by atoms with van der Waals surface area (Å²) in [4.78, 5) is 0. The van der Waals surface area contributed by atoms with Crippen LogP contribution < -0.4 is 14.8 Å². The fraction of sp³-hybridized carbons (Fsp3) is 0.600. The van der Waals surface area contributed by atoms with Crippen LogP contribution in [0.25, 0.3) is 0 Å². The van der Waals surface area contributed by atoms with Crippen LogP contribution in [0.4, 0.5) is 0 Å². The van der Waals surface area contributed by atoms with Crippen molar-refractivity contribution in [3.05, 3.63) is 23.8 Å². The highest BCUT2D eigenvalue weighted by Gasteiger charge is 2.13. The summed E-state index contributed by atoms with van der Waals surface area (Å²) in [6, 6.07) is 5.65. The first-order valence-electron chi connectivity index (χ1n) is 7.33. The van der Waals surface area contributed by atoms with E-state index in [4.69, 9.17) is 24.1 Å². The molecule has 0 aliphatic carbocycles. The average molecular weight is 313 g/mol. The van der Waals surface area contributed by atoms with Crippen molar-refractivity contribution in [2.75, 3.05) is 46.3 Å². The first kappa shape index (κ1) is 17.0. The van der Waals surface area contributed by atoms with Crippen LogP contribution in [0.3, 0.4) is 0 Å². The van der Waals surface area contributed by atoms with E-state index in [0.29, 0.717) is 32.9 Å². The summed E-state index contributed by atoms with van der Waals surface area (Å²) in [5.74, 6) is 1.47. The maximum absolute atomic E-state index is 9.77. The normalized spacial score (nSPS) is 14.3. The molecule has 1 aliphatic rings. The van der Waals surface area contributed by atoms with Gasteiger partial charge in [0.25, 0.3) is 0 Å². The molecule has 7 nitrogen and oxygen atoms in total. The number of aliphatic hydroxyl groups is 2. The maximum atomic E-state index is 9.77. The molecule has 0 bridgehead atoms. The lowest BCUT2D eigenvalue weighted by molar-refractivity contribution is 0.0273. The molecule has 3 N–H and O–H groups in total. The molecule has 22 heavy (non-hydrogen) atoms. The number of nitrogens with one attached hydrogen (secondary N) is 1. The van der Waals surface area contributed by atoms with Crippen LogP contribution >= 0.6 is 0 Å². The van der Waals surface area contributed by atoms with Crippen LogP contribution in [-0.2, 0) is 16.1 Å². The molecular weight excluding hydrogens is 290 g/mol. The third-order valence-electron chi connectivity index (χ3n) is 3.05. The van der Waals surface area contributed by atoms with Crippen molar-refractivity contribution in [3.8, 4) is 11.5 Å². The predicted molar refractivity (Wildman–Crippen MR) is 79.0 cm³/mol. The van der Waals surface area contributed by atoms with E-state index < -0.39 is 6.10 Å². The Bertz CT molecular complexity index is 442. The van der Waals surface area contributed by atoms with Crippen LogP contribution in [-0.4, -0.2) is 62.6 Å². The lowest BCUT2D eigenvalue weighted by atomic mass is 10.2. The summed E-state index contributed by atoms with van der Waals surface area (Å²) in [5.41, 5.74) is 0.974. The molecule has 0 spiro atoms. The number of rotatable bonds is 11. The quantitative estimate of drug-likeness (QED) is 0.491. The van der Waals surface area contributed by atoms with Crippen LogP contribution in [0, 0.1) is 0 Å². The summed E-state index contributed by atoms with van der Waals surface area (Å²) in [6.07, 6.45) is -0.577. The number of benzene rings is 1. The zero-order valence-electron chi connectivity index (χ0n) is 12.5. The van der Waals surface area contributed by atoms with Crippen molar-refractivity contribution in [3.63, 3.8) is 0 Å². The van der Waals surface area contributed by atoms with Crippen molar-refractivity contribution < 1.29 is 29.2 Å². The van der Waals surface area contributed by atoms with Gasteiger partial charge in [-0.15, -0.1) is 0 Å². The van der Waals surface area contributed by atoms with E-state index in [2.05, 4.69) is 5.32 Å². The Balaban J connectivity index is 1.54. The summed E-state index contributed by atoms with van der Waals surface area (Å²) in [7, 11) is 0. The number of ether oxygens (including phenoxy) is 4. The highest BCUT2D eigenvalue weighted by Crippen LogP contribution is 2.32. The third kappa shape index (κ3) is 5.78. The maximum Gasteiger partial charge on any atom is 0.231 e. The van der Waals surface area contributed by atoms with Gasteiger partial charge in [0, 0.05) is 13.1 Å². The molecule has 1 atom stereocenters. The second kappa shape index (κ2) is 9.60. The minimum Gasteiger partial charge on any atom is -0.454 e. The zero-order chi connectivity index (χ0) is 15.6. The Morgan fingerprint density at radius 3 is 2.91 bits per heavy atom. The van der Waals surface area contributed by atoms with E-state index in [1.54, 1.807) is 0 Å². The molecule has 0 unspecified atom stereocenters. The monoisotopic (exact) mass is 313 g/mol. The van der Waals surface area contributed by atoms with Gasteiger partial charge in [-0.2, -0.15) is 0 Å². The fourth-order valence-corrected chi connectivity index (χ4v) is 1.98. The van der Waals surface area contributed by atoms with Crippen LogP contribution in [0.1, 0.15) is 5.56 Å². The Hall–Kier alpha value is -1.38. The molecular formula is C15H23NO6. The zero-order valence-corrected chi connectivity index (χ0v) is 12.5. The fourth-order valence-electron chi connectivity index (χ4n) is 1.98. The standard InChI is InChI=1S/C15H23NO6/c17-4-6-19-5-3-16-8-13(18)10-20-9-12-1-2-14-15(7-12)22-11-21-14/h1-2,7,13,16-18H,3-6,8-11H2/t13-/m1/s1. The first-order chi connectivity index (χ1) is 10.8. The Morgan fingerprint density at radius 1 is 1.18 bits per heavy atom. The second-order valence-electron chi connectivity index (χ2n) is 4.90. The molecule has 1 aromatic carbocycles. The number of hydrogen-bond donors (Lipinski definition) is 3. The van der Waals surface area contributed by atoms with E-state index >= 15 is 0 Å². The van der Waals surface area contributed by atoms with Crippen LogP contribution in [0.15, 0.2) is 18.2 Å². The van der Waals surface area contributed by atoms with Gasteiger partial charge in [-0.05, 0) is 17.7 Å². The molecule has 1 aromatic rings. The molecule has 0 fully saturated rings. The summed E-state index contributed by atoms with van der Waals surface area (Å²) in [5, 5.41) is 21.4. The van der Waals surface area contributed by atoms with Crippen molar-refractivity contribution in [1.29, 1.82) is 0 Å². The summed E-state index contributed by atoms with van der Waals surface area (Å²) >= 11 is 0. The molecule has 124 valence electrons. The van der Waals surface area contributed by atoms with Crippen molar-refractivity contribution in [2.24, 2.45) is 0 Å². The van der Waals surface area contributed by atoms with Crippen molar-refractivity contribution in [2.45, 2.75) is 12.7 Å². The summed E-state index contributed by atoms with van der Waals surface area (Å²) in [6.45, 7) is 2.84. The molecule has 1 heterocycles. The van der Waals surface area contributed by atoms with E-state index in [-0.39, 0.29) is 20.0 Å². The van der Waals surface area contributed by atoms with Gasteiger partial charge >= 0.3 is 0 Å². The predicted octanol–water partition coefficient (Wildman–Crippen LogP) is -0.109. The Labute approximate surface area is 129 Å². The number of hydrogen-bond acceptors (Lipinski definition) is 7. The van der Waals surface area contributed by atoms with Crippen LogP contribution in [0.5, 0.6) is 11.5 Å². The third-order valence-corrected chi connectivity index (χ3v) is 3.05. The van der Waals surface area contributed by atoms with Gasteiger partial charge in [-0.25, -0.2) is 0 Å². The second-order valence-corrected chi connectivity index (χ2v) is 4.90. The lowest BCUT2D eigenvalue weighted by Gasteiger charge is -2.12. The largest absolute Gasteiger partial charge is 0.454 e. The molecule has 0 amide bonds. The van der Waals surface area contributed by atoms with Crippen molar-refractivity contribution in [1.82, 2.24) is 5.32 Å². The van der Waals surface area contributed by atoms with E-state index in [1.807, 2.05) is 18.2 Å². The van der Waals surface area contributed by atoms with Gasteiger partial charge in [-0.1, -0.05) is 6.07 Å². The smallest absolute Gasteiger partial charge is 0.231 e. The minimum atomic E-state index is -0.577. The Morgan fingerprint density at radius 2 is 2.05 bits per heavy atom. The highest BCUT2D eigenvalue weighted by molar-refractivity contribution is 5.44. The summed E-state index contributed by atoms with van der Waals surface area (Å²) < 4.78 is 21.1. The number of fused-ring (bicyclic) bond motifs is 1. The molecule has 7 heteroatoms. The molecule has 1 aliphatic heterocycles. The van der Waals surface area contributed by atoms with Gasteiger partial charge < -0.3 is 34.5 Å². The van der Waals surface area contributed by atoms with Crippen molar-refractivity contribution >= 4 is 0 Å². The Kier molecular flexibility index (Phi) is 7.41. The van der Waals surface area contributed by atoms with Crippen LogP contribution in [0.2, 0.25) is 0 Å². The highest BCUT2D eigenvalue weighted by atomic mass is 16.7. The molecule has 0 saturated heterocycles. The topological polar surface area (TPSA) is 89.4 Å². The van der Waals surface area contributed by atoms with Gasteiger partial charge in [0.05, 0.1) is 39.1 Å². The van der Waals surface area contributed by atoms with Gasteiger partial charge in [0.2, 0.25) is 6.79 Å².